The van der Waals surface area contributed by atoms with Crippen LogP contribution in [0.2, 0.25) is 0 Å². The van der Waals surface area contributed by atoms with Crippen molar-refractivity contribution in [3.63, 3.8) is 0 Å². The molecule has 0 atom stereocenters. The van der Waals surface area contributed by atoms with Crippen LogP contribution in [0.1, 0.15) is 25.0 Å². The fourth-order valence-corrected chi connectivity index (χ4v) is 8.86. The first-order valence-electron chi connectivity index (χ1n) is 20.1. The Balaban J connectivity index is 1.17. The van der Waals surface area contributed by atoms with Crippen molar-refractivity contribution in [1.82, 2.24) is 19.9 Å². The minimum atomic E-state index is -0.159. The van der Waals surface area contributed by atoms with Crippen LogP contribution in [0.25, 0.3) is 100 Å². The molecule has 2 heterocycles. The highest BCUT2D eigenvalue weighted by Crippen LogP contribution is 2.51. The summed E-state index contributed by atoms with van der Waals surface area (Å²) in [5.41, 5.74) is 15.4. The van der Waals surface area contributed by atoms with E-state index in [1.807, 2.05) is 36.4 Å². The Kier molecular flexibility index (Phi) is 8.12. The molecule has 10 aromatic rings. The van der Waals surface area contributed by atoms with E-state index in [9.17, 15) is 0 Å². The van der Waals surface area contributed by atoms with Gasteiger partial charge in [-0.25, -0.2) is 19.9 Å². The van der Waals surface area contributed by atoms with Crippen LogP contribution in [0.3, 0.4) is 0 Å². The average molecular weight is 755 g/mol. The molecular formula is C55H38N4. The zero-order valence-electron chi connectivity index (χ0n) is 32.8. The van der Waals surface area contributed by atoms with Crippen LogP contribution in [0.5, 0.6) is 0 Å². The zero-order chi connectivity index (χ0) is 39.5. The van der Waals surface area contributed by atoms with Crippen molar-refractivity contribution in [2.75, 3.05) is 0 Å². The molecule has 0 aliphatic heterocycles. The number of aromatic nitrogens is 4. The van der Waals surface area contributed by atoms with Crippen LogP contribution in [-0.4, -0.2) is 19.9 Å². The van der Waals surface area contributed by atoms with Crippen LogP contribution in [0.4, 0.5) is 0 Å². The van der Waals surface area contributed by atoms with Crippen molar-refractivity contribution in [2.24, 2.45) is 0 Å². The van der Waals surface area contributed by atoms with E-state index in [0.717, 1.165) is 60.8 Å². The molecule has 59 heavy (non-hydrogen) atoms. The van der Waals surface area contributed by atoms with Gasteiger partial charge in [-0.15, -0.1) is 0 Å². The fourth-order valence-electron chi connectivity index (χ4n) is 8.86. The standard InChI is InChI=1S/C55H38N4/c1-55(2)48-25-15-14-24-43(48)46-32-47-45(33-50(56-51(47)34-49(46)55)37-28-26-36(27-29-37)35-16-6-3-7-17-35)44-31-41(30-40-22-12-13-23-42(40)44)54-58-52(38-18-8-4-9-19-38)57-53(59-54)39-20-10-5-11-21-39/h3-34H,1-2H3. The van der Waals surface area contributed by atoms with Crippen molar-refractivity contribution in [3.8, 4) is 78.8 Å². The third kappa shape index (κ3) is 6.00. The molecular weight excluding hydrogens is 717 g/mol. The smallest absolute Gasteiger partial charge is 0.164 e. The van der Waals surface area contributed by atoms with Crippen LogP contribution >= 0.6 is 0 Å². The lowest BCUT2D eigenvalue weighted by molar-refractivity contribution is 0.661. The lowest BCUT2D eigenvalue weighted by atomic mass is 9.82. The second-order valence-corrected chi connectivity index (χ2v) is 15.9. The molecule has 11 rings (SSSR count). The van der Waals surface area contributed by atoms with Crippen molar-refractivity contribution < 1.29 is 0 Å². The number of fused-ring (bicyclic) bond motifs is 5. The third-order valence-corrected chi connectivity index (χ3v) is 11.9. The van der Waals surface area contributed by atoms with E-state index in [1.54, 1.807) is 0 Å². The van der Waals surface area contributed by atoms with Crippen LogP contribution < -0.4 is 0 Å². The first-order valence-corrected chi connectivity index (χ1v) is 20.1. The predicted molar refractivity (Wildman–Crippen MR) is 243 cm³/mol. The monoisotopic (exact) mass is 754 g/mol. The Morgan fingerprint density at radius 1 is 0.322 bits per heavy atom. The van der Waals surface area contributed by atoms with Gasteiger partial charge < -0.3 is 0 Å². The summed E-state index contributed by atoms with van der Waals surface area (Å²) in [5, 5.41) is 3.36. The van der Waals surface area contributed by atoms with Gasteiger partial charge in [-0.1, -0.05) is 178 Å². The number of hydrogen-bond donors (Lipinski definition) is 0. The minimum absolute atomic E-state index is 0.159. The van der Waals surface area contributed by atoms with E-state index in [-0.39, 0.29) is 5.41 Å². The van der Waals surface area contributed by atoms with Gasteiger partial charge in [-0.3, -0.25) is 0 Å². The van der Waals surface area contributed by atoms with E-state index >= 15 is 0 Å². The number of benzene rings is 8. The van der Waals surface area contributed by atoms with E-state index in [2.05, 4.69) is 172 Å². The maximum Gasteiger partial charge on any atom is 0.164 e. The molecule has 1 aliphatic carbocycles. The van der Waals surface area contributed by atoms with E-state index in [0.29, 0.717) is 17.5 Å². The van der Waals surface area contributed by atoms with Crippen molar-refractivity contribution >= 4 is 21.7 Å². The molecule has 4 nitrogen and oxygen atoms in total. The number of pyridine rings is 1. The zero-order valence-corrected chi connectivity index (χ0v) is 32.8. The molecule has 0 radical (unpaired) electrons. The van der Waals surface area contributed by atoms with Gasteiger partial charge in [0.2, 0.25) is 0 Å². The highest BCUT2D eigenvalue weighted by molar-refractivity contribution is 6.09. The summed E-state index contributed by atoms with van der Waals surface area (Å²) in [7, 11) is 0. The molecule has 0 saturated carbocycles. The summed E-state index contributed by atoms with van der Waals surface area (Å²) in [4.78, 5) is 20.8. The quantitative estimate of drug-likeness (QED) is 0.170. The fraction of sp³-hybridized carbons (Fsp3) is 0.0545. The molecule has 1 aliphatic rings. The van der Waals surface area contributed by atoms with Gasteiger partial charge in [0.25, 0.3) is 0 Å². The molecule has 4 heteroatoms. The predicted octanol–water partition coefficient (Wildman–Crippen LogP) is 13.9. The first-order chi connectivity index (χ1) is 29.0. The van der Waals surface area contributed by atoms with E-state index in [4.69, 9.17) is 19.9 Å². The number of nitrogens with zero attached hydrogens (tertiary/aromatic N) is 4. The summed E-state index contributed by atoms with van der Waals surface area (Å²) >= 11 is 0. The van der Waals surface area contributed by atoms with E-state index < -0.39 is 0 Å². The Labute approximate surface area is 343 Å². The number of hydrogen-bond acceptors (Lipinski definition) is 4. The first kappa shape index (κ1) is 34.7. The third-order valence-electron chi connectivity index (χ3n) is 11.9. The molecule has 0 bridgehead atoms. The largest absolute Gasteiger partial charge is 0.248 e. The summed E-state index contributed by atoms with van der Waals surface area (Å²) in [6, 6.07) is 68.6. The SMILES string of the molecule is CC1(C)c2ccccc2-c2cc3c(-c4cc(-c5nc(-c6ccccc6)nc(-c6ccccc6)n5)cc5ccccc45)cc(-c4ccc(-c5ccccc5)cc4)nc3cc21. The van der Waals surface area contributed by atoms with Crippen LogP contribution in [0, 0.1) is 0 Å². The topological polar surface area (TPSA) is 51.6 Å². The van der Waals surface area contributed by atoms with Crippen LogP contribution in [0.15, 0.2) is 194 Å². The van der Waals surface area contributed by atoms with Gasteiger partial charge in [0, 0.05) is 33.1 Å². The van der Waals surface area contributed by atoms with Gasteiger partial charge in [0.15, 0.2) is 17.5 Å². The highest BCUT2D eigenvalue weighted by Gasteiger charge is 2.36. The van der Waals surface area contributed by atoms with Gasteiger partial charge in [-0.05, 0) is 85.6 Å². The lowest BCUT2D eigenvalue weighted by Crippen LogP contribution is -2.14. The second-order valence-electron chi connectivity index (χ2n) is 15.9. The molecule has 0 amide bonds. The molecule has 0 fully saturated rings. The lowest BCUT2D eigenvalue weighted by Gasteiger charge is -2.22. The Bertz CT molecular complexity index is 3150. The summed E-state index contributed by atoms with van der Waals surface area (Å²) in [5.74, 6) is 1.89. The molecule has 8 aromatic carbocycles. The highest BCUT2D eigenvalue weighted by atomic mass is 15.0. The molecule has 0 saturated heterocycles. The van der Waals surface area contributed by atoms with Gasteiger partial charge in [0.1, 0.15) is 0 Å². The Morgan fingerprint density at radius 2 is 0.847 bits per heavy atom. The Morgan fingerprint density at radius 3 is 1.53 bits per heavy atom. The molecule has 2 aromatic heterocycles. The summed E-state index contributed by atoms with van der Waals surface area (Å²) < 4.78 is 0. The minimum Gasteiger partial charge on any atom is -0.248 e. The van der Waals surface area contributed by atoms with Gasteiger partial charge >= 0.3 is 0 Å². The molecule has 278 valence electrons. The van der Waals surface area contributed by atoms with Crippen LogP contribution in [-0.2, 0) is 5.41 Å². The van der Waals surface area contributed by atoms with Crippen molar-refractivity contribution in [2.45, 2.75) is 19.3 Å². The Hall–Kier alpha value is -7.56. The number of rotatable bonds is 6. The maximum absolute atomic E-state index is 5.46. The molecule has 0 spiro atoms. The van der Waals surface area contributed by atoms with Gasteiger partial charge in [0.05, 0.1) is 11.2 Å². The van der Waals surface area contributed by atoms with Crippen molar-refractivity contribution in [1.29, 1.82) is 0 Å². The molecule has 0 N–H and O–H groups in total. The summed E-state index contributed by atoms with van der Waals surface area (Å²) in [6.45, 7) is 4.66. The van der Waals surface area contributed by atoms with Crippen molar-refractivity contribution in [3.05, 3.63) is 205 Å². The maximum atomic E-state index is 5.46. The van der Waals surface area contributed by atoms with E-state index in [1.165, 1.54) is 33.4 Å². The average Bonchev–Trinajstić information content (AvgIpc) is 3.53. The summed E-state index contributed by atoms with van der Waals surface area (Å²) in [6.07, 6.45) is 0. The second kappa shape index (κ2) is 13.8. The normalized spacial score (nSPS) is 12.7. The van der Waals surface area contributed by atoms with Gasteiger partial charge in [-0.2, -0.15) is 0 Å². The molecule has 0 unspecified atom stereocenters.